The van der Waals surface area contributed by atoms with Crippen LogP contribution in [0, 0.1) is 0 Å². The Balaban J connectivity index is 2.06. The van der Waals surface area contributed by atoms with Crippen LogP contribution in [0.3, 0.4) is 0 Å². The average molecular weight is 370 g/mol. The zero-order chi connectivity index (χ0) is 20.0. The molecular weight excluding hydrogens is 348 g/mol. The molecule has 27 heavy (non-hydrogen) atoms. The molecular formula is C20H22N2O5. The monoisotopic (exact) mass is 370 g/mol. The van der Waals surface area contributed by atoms with Crippen LogP contribution >= 0.6 is 0 Å². The summed E-state index contributed by atoms with van der Waals surface area (Å²) in [5, 5.41) is 5.27. The van der Waals surface area contributed by atoms with Gasteiger partial charge in [0.25, 0.3) is 5.91 Å². The molecule has 2 aromatic carbocycles. The highest BCUT2D eigenvalue weighted by molar-refractivity contribution is 6.08. The van der Waals surface area contributed by atoms with Gasteiger partial charge < -0.3 is 14.8 Å². The van der Waals surface area contributed by atoms with E-state index in [4.69, 9.17) is 9.47 Å². The number of hydrogen-bond acceptors (Lipinski definition) is 5. The highest BCUT2D eigenvalue weighted by Gasteiger charge is 2.17. The molecule has 0 saturated heterocycles. The molecule has 2 rings (SSSR count). The number of benzene rings is 2. The molecule has 0 atom stereocenters. The van der Waals surface area contributed by atoms with Crippen LogP contribution in [-0.4, -0.2) is 30.7 Å². The normalized spacial score (nSPS) is 10.7. The number of amides is 2. The molecule has 0 radical (unpaired) electrons. The fraction of sp³-hybridized carbons (Fsp3) is 0.250. The van der Waals surface area contributed by atoms with E-state index in [1.54, 1.807) is 69.3 Å². The van der Waals surface area contributed by atoms with Crippen molar-refractivity contribution in [3.63, 3.8) is 0 Å². The topological polar surface area (TPSA) is 93.7 Å². The minimum absolute atomic E-state index is 0.261. The molecule has 0 spiro atoms. The largest absolute Gasteiger partial charge is 0.465 e. The Bertz CT molecular complexity index is 838. The van der Waals surface area contributed by atoms with Gasteiger partial charge in [0.2, 0.25) is 0 Å². The van der Waals surface area contributed by atoms with Gasteiger partial charge in [-0.1, -0.05) is 12.1 Å². The summed E-state index contributed by atoms with van der Waals surface area (Å²) < 4.78 is 9.88. The van der Waals surface area contributed by atoms with Crippen LogP contribution in [0.1, 0.15) is 41.5 Å². The number of hydrogen-bond donors (Lipinski definition) is 2. The molecule has 0 aromatic heterocycles. The Morgan fingerprint density at radius 3 is 2.11 bits per heavy atom. The summed E-state index contributed by atoms with van der Waals surface area (Å²) in [5.41, 5.74) is 0.874. The smallest absolute Gasteiger partial charge is 0.412 e. The molecule has 2 amide bonds. The molecule has 0 saturated carbocycles. The predicted octanol–water partition coefficient (Wildman–Crippen LogP) is 4.07. The lowest BCUT2D eigenvalue weighted by Crippen LogP contribution is -2.27. The minimum Gasteiger partial charge on any atom is -0.465 e. The number of methoxy groups -OCH3 is 1. The molecule has 0 unspecified atom stereocenters. The molecule has 0 aliphatic rings. The van der Waals surface area contributed by atoms with Crippen molar-refractivity contribution in [1.82, 2.24) is 0 Å². The third-order valence-electron chi connectivity index (χ3n) is 3.37. The maximum atomic E-state index is 12.4. The second-order valence-electron chi connectivity index (χ2n) is 6.70. The summed E-state index contributed by atoms with van der Waals surface area (Å²) in [6, 6.07) is 12.9. The molecule has 7 heteroatoms. The van der Waals surface area contributed by atoms with Crippen molar-refractivity contribution in [1.29, 1.82) is 0 Å². The number of nitrogens with one attached hydrogen (secondary N) is 2. The van der Waals surface area contributed by atoms with E-state index >= 15 is 0 Å². The molecule has 0 aliphatic carbocycles. The first-order chi connectivity index (χ1) is 12.7. The van der Waals surface area contributed by atoms with E-state index in [0.717, 1.165) is 0 Å². The maximum Gasteiger partial charge on any atom is 0.412 e. The van der Waals surface area contributed by atoms with Gasteiger partial charge in [-0.15, -0.1) is 0 Å². The van der Waals surface area contributed by atoms with Crippen LogP contribution in [0.25, 0.3) is 0 Å². The average Bonchev–Trinajstić information content (AvgIpc) is 2.60. The zero-order valence-electron chi connectivity index (χ0n) is 15.7. The Hall–Kier alpha value is -3.35. The number of esters is 1. The van der Waals surface area contributed by atoms with Crippen LogP contribution in [0.4, 0.5) is 16.2 Å². The molecule has 0 aliphatic heterocycles. The van der Waals surface area contributed by atoms with Crippen LogP contribution in [0.5, 0.6) is 0 Å². The van der Waals surface area contributed by atoms with Gasteiger partial charge in [-0.2, -0.15) is 0 Å². The van der Waals surface area contributed by atoms with Crippen molar-refractivity contribution < 1.29 is 23.9 Å². The van der Waals surface area contributed by atoms with E-state index in [9.17, 15) is 14.4 Å². The van der Waals surface area contributed by atoms with Crippen molar-refractivity contribution in [2.24, 2.45) is 0 Å². The molecule has 0 fully saturated rings. The number of para-hydroxylation sites is 1. The fourth-order valence-corrected chi connectivity index (χ4v) is 2.20. The van der Waals surface area contributed by atoms with E-state index in [1.807, 2.05) is 0 Å². The van der Waals surface area contributed by atoms with E-state index in [-0.39, 0.29) is 5.56 Å². The quantitative estimate of drug-likeness (QED) is 0.791. The maximum absolute atomic E-state index is 12.4. The number of carbonyl (C=O) groups excluding carboxylic acids is 3. The van der Waals surface area contributed by atoms with E-state index < -0.39 is 23.6 Å². The second-order valence-corrected chi connectivity index (χ2v) is 6.70. The van der Waals surface area contributed by atoms with Gasteiger partial charge in [0, 0.05) is 11.3 Å². The summed E-state index contributed by atoms with van der Waals surface area (Å²) >= 11 is 0. The predicted molar refractivity (Wildman–Crippen MR) is 102 cm³/mol. The lowest BCUT2D eigenvalue weighted by Gasteiger charge is -2.19. The van der Waals surface area contributed by atoms with E-state index in [2.05, 4.69) is 10.6 Å². The number of ether oxygens (including phenoxy) is 2. The first-order valence-electron chi connectivity index (χ1n) is 8.28. The Morgan fingerprint density at radius 2 is 1.52 bits per heavy atom. The van der Waals surface area contributed by atoms with E-state index in [1.165, 1.54) is 7.11 Å². The van der Waals surface area contributed by atoms with Gasteiger partial charge in [-0.05, 0) is 57.2 Å². The minimum atomic E-state index is -0.600. The van der Waals surface area contributed by atoms with E-state index in [0.29, 0.717) is 16.9 Å². The summed E-state index contributed by atoms with van der Waals surface area (Å²) in [4.78, 5) is 36.0. The zero-order valence-corrected chi connectivity index (χ0v) is 15.7. The standard InChI is InChI=1S/C20H22N2O5/c1-20(2,3)27-19(25)21-14-11-9-13(10-12-14)17(23)22-16-8-6-5-7-15(16)18(24)26-4/h5-12H,1-4H3,(H,21,25)(H,22,23). The summed E-state index contributed by atoms with van der Waals surface area (Å²) in [5.74, 6) is -0.932. The number of carbonyl (C=O) groups is 3. The Morgan fingerprint density at radius 1 is 0.889 bits per heavy atom. The van der Waals surface area contributed by atoms with Gasteiger partial charge >= 0.3 is 12.1 Å². The highest BCUT2D eigenvalue weighted by atomic mass is 16.6. The molecule has 142 valence electrons. The van der Waals surface area contributed by atoms with Crippen molar-refractivity contribution in [2.45, 2.75) is 26.4 Å². The van der Waals surface area contributed by atoms with Crippen molar-refractivity contribution in [3.8, 4) is 0 Å². The van der Waals surface area contributed by atoms with Crippen LogP contribution in [0.15, 0.2) is 48.5 Å². The van der Waals surface area contributed by atoms with Gasteiger partial charge in [0.1, 0.15) is 5.60 Å². The third-order valence-corrected chi connectivity index (χ3v) is 3.37. The lowest BCUT2D eigenvalue weighted by atomic mass is 10.1. The molecule has 0 bridgehead atoms. The Kier molecular flexibility index (Phi) is 6.18. The molecule has 7 nitrogen and oxygen atoms in total. The van der Waals surface area contributed by atoms with Gasteiger partial charge in [0.15, 0.2) is 0 Å². The van der Waals surface area contributed by atoms with Gasteiger partial charge in [-0.3, -0.25) is 10.1 Å². The number of anilines is 2. The summed E-state index contributed by atoms with van der Waals surface area (Å²) in [6.45, 7) is 5.31. The third kappa shape index (κ3) is 5.85. The second kappa shape index (κ2) is 8.35. The van der Waals surface area contributed by atoms with Gasteiger partial charge in [-0.25, -0.2) is 9.59 Å². The van der Waals surface area contributed by atoms with Crippen LogP contribution < -0.4 is 10.6 Å². The fourth-order valence-electron chi connectivity index (χ4n) is 2.20. The highest BCUT2D eigenvalue weighted by Crippen LogP contribution is 2.18. The van der Waals surface area contributed by atoms with Crippen molar-refractivity contribution >= 4 is 29.3 Å². The van der Waals surface area contributed by atoms with Crippen molar-refractivity contribution in [3.05, 3.63) is 59.7 Å². The number of rotatable bonds is 4. The van der Waals surface area contributed by atoms with Crippen LogP contribution in [0.2, 0.25) is 0 Å². The van der Waals surface area contributed by atoms with Crippen molar-refractivity contribution in [2.75, 3.05) is 17.7 Å². The summed E-state index contributed by atoms with van der Waals surface area (Å²) in [7, 11) is 1.28. The SMILES string of the molecule is COC(=O)c1ccccc1NC(=O)c1ccc(NC(=O)OC(C)(C)C)cc1. The van der Waals surface area contributed by atoms with Gasteiger partial charge in [0.05, 0.1) is 18.4 Å². The summed E-state index contributed by atoms with van der Waals surface area (Å²) in [6.07, 6.45) is -0.577. The first kappa shape index (κ1) is 20.0. The Labute approximate surface area is 157 Å². The first-order valence-corrected chi connectivity index (χ1v) is 8.28. The molecule has 2 N–H and O–H groups in total. The van der Waals surface area contributed by atoms with Crippen LogP contribution in [-0.2, 0) is 9.47 Å². The lowest BCUT2D eigenvalue weighted by molar-refractivity contribution is 0.0599. The molecule has 0 heterocycles. The molecule has 2 aromatic rings.